The maximum atomic E-state index is 11.8. The Bertz CT molecular complexity index is 381. The van der Waals surface area contributed by atoms with Crippen LogP contribution in [0.3, 0.4) is 0 Å². The fraction of sp³-hybridized carbons (Fsp3) is 0.455. The molecule has 1 fully saturated rings. The number of halogens is 1. The van der Waals surface area contributed by atoms with Crippen molar-refractivity contribution in [1.82, 2.24) is 10.3 Å². The van der Waals surface area contributed by atoms with Crippen molar-refractivity contribution >= 4 is 21.8 Å². The Hall–Kier alpha value is -0.900. The fourth-order valence-corrected chi connectivity index (χ4v) is 2.03. The molecule has 4 heteroatoms. The molecule has 2 unspecified atom stereocenters. The van der Waals surface area contributed by atoms with E-state index in [1.165, 1.54) is 6.42 Å². The zero-order chi connectivity index (χ0) is 10.8. The number of hydrogen-bond acceptors (Lipinski definition) is 2. The number of nitrogens with one attached hydrogen (secondary N) is 1. The van der Waals surface area contributed by atoms with Crippen molar-refractivity contribution in [2.24, 2.45) is 5.92 Å². The van der Waals surface area contributed by atoms with Crippen LogP contribution in [-0.4, -0.2) is 16.9 Å². The monoisotopic (exact) mass is 268 g/mol. The topological polar surface area (TPSA) is 42.0 Å². The van der Waals surface area contributed by atoms with Gasteiger partial charge in [0.25, 0.3) is 5.91 Å². The first-order chi connectivity index (χ1) is 7.16. The minimum Gasteiger partial charge on any atom is -0.349 e. The Kier molecular flexibility index (Phi) is 3.05. The van der Waals surface area contributed by atoms with Crippen molar-refractivity contribution in [3.8, 4) is 0 Å². The summed E-state index contributed by atoms with van der Waals surface area (Å²) in [4.78, 5) is 15.7. The lowest BCUT2D eigenvalue weighted by molar-refractivity contribution is 0.0884. The van der Waals surface area contributed by atoms with Gasteiger partial charge in [-0.25, -0.2) is 0 Å². The molecule has 1 amide bonds. The zero-order valence-electron chi connectivity index (χ0n) is 8.53. The van der Waals surface area contributed by atoms with Crippen LogP contribution in [0.15, 0.2) is 22.9 Å². The van der Waals surface area contributed by atoms with E-state index in [-0.39, 0.29) is 5.91 Å². The molecule has 15 heavy (non-hydrogen) atoms. The predicted molar refractivity (Wildman–Crippen MR) is 61.6 cm³/mol. The molecule has 0 spiro atoms. The average Bonchev–Trinajstić information content (AvgIpc) is 2.23. The van der Waals surface area contributed by atoms with Crippen LogP contribution in [0.5, 0.6) is 0 Å². The van der Waals surface area contributed by atoms with Crippen molar-refractivity contribution in [2.45, 2.75) is 25.8 Å². The second-order valence-corrected chi connectivity index (χ2v) is 4.94. The van der Waals surface area contributed by atoms with Gasteiger partial charge in [0.15, 0.2) is 0 Å². The second kappa shape index (κ2) is 4.31. The summed E-state index contributed by atoms with van der Waals surface area (Å²) in [5, 5.41) is 3.01. The molecule has 1 N–H and O–H groups in total. The summed E-state index contributed by atoms with van der Waals surface area (Å²) in [6, 6.07) is 2.13. The lowest BCUT2D eigenvalue weighted by Gasteiger charge is -2.34. The smallest absolute Gasteiger partial charge is 0.253 e. The molecule has 0 bridgehead atoms. The molecule has 1 aromatic heterocycles. The zero-order valence-corrected chi connectivity index (χ0v) is 10.1. The Morgan fingerprint density at radius 3 is 2.87 bits per heavy atom. The molecule has 0 aromatic carbocycles. The Morgan fingerprint density at radius 1 is 1.53 bits per heavy atom. The van der Waals surface area contributed by atoms with Gasteiger partial charge in [-0.15, -0.1) is 0 Å². The summed E-state index contributed by atoms with van der Waals surface area (Å²) < 4.78 is 0.830. The number of pyridine rings is 1. The van der Waals surface area contributed by atoms with E-state index in [1.807, 2.05) is 0 Å². The molecule has 0 radical (unpaired) electrons. The van der Waals surface area contributed by atoms with Crippen LogP contribution in [0, 0.1) is 5.92 Å². The highest BCUT2D eigenvalue weighted by molar-refractivity contribution is 9.10. The number of carbonyl (C=O) groups excluding carboxylic acids is 1. The lowest BCUT2D eigenvalue weighted by Crippen LogP contribution is -2.45. The van der Waals surface area contributed by atoms with E-state index in [0.717, 1.165) is 10.9 Å². The van der Waals surface area contributed by atoms with Crippen LogP contribution in [-0.2, 0) is 0 Å². The quantitative estimate of drug-likeness (QED) is 0.895. The summed E-state index contributed by atoms with van der Waals surface area (Å²) >= 11 is 3.30. The van der Waals surface area contributed by atoms with Crippen molar-refractivity contribution in [3.05, 3.63) is 28.5 Å². The van der Waals surface area contributed by atoms with E-state index in [2.05, 4.69) is 33.2 Å². The number of aromatic nitrogens is 1. The van der Waals surface area contributed by atoms with Crippen LogP contribution in [0.2, 0.25) is 0 Å². The molecular weight excluding hydrogens is 256 g/mol. The highest BCUT2D eigenvalue weighted by Crippen LogP contribution is 2.26. The van der Waals surface area contributed by atoms with Gasteiger partial charge in [0.1, 0.15) is 0 Å². The molecule has 1 aliphatic rings. The maximum absolute atomic E-state index is 11.8. The third-order valence-electron chi connectivity index (χ3n) is 2.90. The molecule has 1 aliphatic carbocycles. The predicted octanol–water partition coefficient (Wildman–Crippen LogP) is 2.37. The third kappa shape index (κ3) is 2.37. The molecule has 3 nitrogen and oxygen atoms in total. The van der Waals surface area contributed by atoms with Crippen LogP contribution < -0.4 is 5.32 Å². The van der Waals surface area contributed by atoms with Gasteiger partial charge in [-0.3, -0.25) is 9.78 Å². The van der Waals surface area contributed by atoms with E-state index in [9.17, 15) is 4.79 Å². The van der Waals surface area contributed by atoms with E-state index in [0.29, 0.717) is 17.5 Å². The number of rotatable bonds is 2. The fourth-order valence-electron chi connectivity index (χ4n) is 1.67. The molecule has 0 saturated heterocycles. The number of carbonyl (C=O) groups is 1. The largest absolute Gasteiger partial charge is 0.349 e. The van der Waals surface area contributed by atoms with E-state index < -0.39 is 0 Å². The normalized spacial score (nSPS) is 24.4. The van der Waals surface area contributed by atoms with Crippen molar-refractivity contribution in [3.63, 3.8) is 0 Å². The van der Waals surface area contributed by atoms with Crippen molar-refractivity contribution < 1.29 is 4.79 Å². The third-order valence-corrected chi connectivity index (χ3v) is 3.34. The molecule has 1 saturated carbocycles. The highest BCUT2D eigenvalue weighted by atomic mass is 79.9. The van der Waals surface area contributed by atoms with Gasteiger partial charge in [0.2, 0.25) is 0 Å². The Morgan fingerprint density at radius 2 is 2.33 bits per heavy atom. The Labute approximate surface area is 97.4 Å². The van der Waals surface area contributed by atoms with Gasteiger partial charge in [0, 0.05) is 22.9 Å². The maximum Gasteiger partial charge on any atom is 0.253 e. The Balaban J connectivity index is 2.01. The SMILES string of the molecule is CC1CCC1NC(=O)c1cncc(Br)c1. The summed E-state index contributed by atoms with van der Waals surface area (Å²) in [7, 11) is 0. The molecule has 80 valence electrons. The first-order valence-electron chi connectivity index (χ1n) is 5.08. The van der Waals surface area contributed by atoms with Gasteiger partial charge >= 0.3 is 0 Å². The highest BCUT2D eigenvalue weighted by Gasteiger charge is 2.28. The van der Waals surface area contributed by atoms with Gasteiger partial charge in [-0.2, -0.15) is 0 Å². The average molecular weight is 269 g/mol. The number of hydrogen-bond donors (Lipinski definition) is 1. The van der Waals surface area contributed by atoms with Crippen LogP contribution in [0.1, 0.15) is 30.1 Å². The molecule has 1 heterocycles. The van der Waals surface area contributed by atoms with E-state index in [1.54, 1.807) is 18.5 Å². The molecule has 0 aliphatic heterocycles. The van der Waals surface area contributed by atoms with E-state index in [4.69, 9.17) is 0 Å². The summed E-state index contributed by atoms with van der Waals surface area (Å²) in [5.74, 6) is 0.578. The molecule has 2 rings (SSSR count). The molecule has 2 atom stereocenters. The van der Waals surface area contributed by atoms with Crippen molar-refractivity contribution in [1.29, 1.82) is 0 Å². The van der Waals surface area contributed by atoms with Crippen LogP contribution >= 0.6 is 15.9 Å². The second-order valence-electron chi connectivity index (χ2n) is 4.03. The summed E-state index contributed by atoms with van der Waals surface area (Å²) in [5.41, 5.74) is 0.614. The van der Waals surface area contributed by atoms with Gasteiger partial charge in [0.05, 0.1) is 5.56 Å². The molecule has 1 aromatic rings. The van der Waals surface area contributed by atoms with Gasteiger partial charge in [-0.1, -0.05) is 6.92 Å². The molecular formula is C11H13BrN2O. The van der Waals surface area contributed by atoms with Crippen molar-refractivity contribution in [2.75, 3.05) is 0 Å². The minimum atomic E-state index is -0.0275. The van der Waals surface area contributed by atoms with E-state index >= 15 is 0 Å². The summed E-state index contributed by atoms with van der Waals surface area (Å²) in [6.07, 6.45) is 5.56. The van der Waals surface area contributed by atoms with Gasteiger partial charge < -0.3 is 5.32 Å². The van der Waals surface area contributed by atoms with Crippen LogP contribution in [0.4, 0.5) is 0 Å². The lowest BCUT2D eigenvalue weighted by atomic mass is 9.81. The standard InChI is InChI=1S/C11H13BrN2O/c1-7-2-3-10(7)14-11(15)8-4-9(12)6-13-5-8/h4-7,10H,2-3H2,1H3,(H,14,15). The first-order valence-corrected chi connectivity index (χ1v) is 5.87. The first kappa shape index (κ1) is 10.6. The van der Waals surface area contributed by atoms with Gasteiger partial charge in [-0.05, 0) is 40.8 Å². The number of nitrogens with zero attached hydrogens (tertiary/aromatic N) is 1. The van der Waals surface area contributed by atoms with Crippen LogP contribution in [0.25, 0.3) is 0 Å². The number of amides is 1. The summed E-state index contributed by atoms with van der Waals surface area (Å²) in [6.45, 7) is 2.16. The minimum absolute atomic E-state index is 0.0275.